The summed E-state index contributed by atoms with van der Waals surface area (Å²) in [6.45, 7) is 4.57. The Kier molecular flexibility index (Phi) is 4.35. The molecule has 82 valence electrons. The highest BCUT2D eigenvalue weighted by Gasteiger charge is 2.30. The smallest absolute Gasteiger partial charge is 0.216 e. The van der Waals surface area contributed by atoms with Crippen molar-refractivity contribution in [2.75, 3.05) is 26.3 Å². The summed E-state index contributed by atoms with van der Waals surface area (Å²) in [6, 6.07) is 0. The van der Waals surface area contributed by atoms with Crippen molar-refractivity contribution in [3.63, 3.8) is 0 Å². The molecule has 0 aromatic heterocycles. The Labute approximate surface area is 85.2 Å². The van der Waals surface area contributed by atoms with Gasteiger partial charge >= 0.3 is 0 Å². The lowest BCUT2D eigenvalue weighted by Gasteiger charge is -2.36. The van der Waals surface area contributed by atoms with E-state index in [9.17, 15) is 4.79 Å². The molecular weight excluding hydrogens is 180 g/mol. The first kappa shape index (κ1) is 11.5. The molecular formula is C10H20N2O2. The van der Waals surface area contributed by atoms with Crippen LogP contribution in [0.15, 0.2) is 0 Å². The van der Waals surface area contributed by atoms with Crippen LogP contribution in [0.1, 0.15) is 26.2 Å². The molecule has 1 amide bonds. The Morgan fingerprint density at radius 3 is 2.64 bits per heavy atom. The minimum Gasteiger partial charge on any atom is -0.381 e. The molecule has 0 atom stereocenters. The van der Waals surface area contributed by atoms with Crippen LogP contribution in [0.5, 0.6) is 0 Å². The van der Waals surface area contributed by atoms with E-state index in [0.717, 1.165) is 39.0 Å². The van der Waals surface area contributed by atoms with Crippen LogP contribution in [0.3, 0.4) is 0 Å². The van der Waals surface area contributed by atoms with E-state index in [4.69, 9.17) is 10.5 Å². The van der Waals surface area contributed by atoms with Crippen molar-refractivity contribution >= 4 is 5.91 Å². The molecule has 1 saturated heterocycles. The van der Waals surface area contributed by atoms with Crippen LogP contribution in [0.2, 0.25) is 0 Å². The van der Waals surface area contributed by atoms with E-state index >= 15 is 0 Å². The van der Waals surface area contributed by atoms with Gasteiger partial charge in [-0.2, -0.15) is 0 Å². The highest BCUT2D eigenvalue weighted by atomic mass is 16.5. The Hall–Kier alpha value is -0.610. The van der Waals surface area contributed by atoms with Gasteiger partial charge in [0.1, 0.15) is 0 Å². The van der Waals surface area contributed by atoms with E-state index in [1.807, 2.05) is 0 Å². The van der Waals surface area contributed by atoms with Gasteiger partial charge in [0.05, 0.1) is 0 Å². The van der Waals surface area contributed by atoms with Gasteiger partial charge in [0, 0.05) is 26.7 Å². The molecule has 1 aliphatic heterocycles. The van der Waals surface area contributed by atoms with E-state index < -0.39 is 0 Å². The summed E-state index contributed by atoms with van der Waals surface area (Å²) in [5.74, 6) is 0.0317. The monoisotopic (exact) mass is 200 g/mol. The molecule has 0 aromatic rings. The van der Waals surface area contributed by atoms with Crippen molar-refractivity contribution in [1.29, 1.82) is 0 Å². The maximum Gasteiger partial charge on any atom is 0.216 e. The SMILES string of the molecule is CC(=O)NCCC1(CN)CCOCC1. The lowest BCUT2D eigenvalue weighted by molar-refractivity contribution is -0.119. The average molecular weight is 200 g/mol. The number of rotatable bonds is 4. The Morgan fingerprint density at radius 1 is 1.50 bits per heavy atom. The van der Waals surface area contributed by atoms with Crippen LogP contribution in [-0.2, 0) is 9.53 Å². The first-order valence-electron chi connectivity index (χ1n) is 5.21. The largest absolute Gasteiger partial charge is 0.381 e. The van der Waals surface area contributed by atoms with Gasteiger partial charge in [-0.15, -0.1) is 0 Å². The predicted octanol–water partition coefficient (Wildman–Crippen LogP) is 0.268. The average Bonchev–Trinajstić information content (AvgIpc) is 2.19. The second kappa shape index (κ2) is 5.32. The van der Waals surface area contributed by atoms with Crippen molar-refractivity contribution in [2.24, 2.45) is 11.1 Å². The standard InChI is InChI=1S/C10H20N2O2/c1-9(13)12-5-2-10(8-11)3-6-14-7-4-10/h2-8,11H2,1H3,(H,12,13). The minimum absolute atomic E-state index is 0.0317. The molecule has 14 heavy (non-hydrogen) atoms. The number of carbonyl (C=O) groups excluding carboxylic acids is 1. The summed E-state index contributed by atoms with van der Waals surface area (Å²) in [7, 11) is 0. The summed E-state index contributed by atoms with van der Waals surface area (Å²) in [4.78, 5) is 10.7. The fourth-order valence-corrected chi connectivity index (χ4v) is 1.86. The summed E-state index contributed by atoms with van der Waals surface area (Å²) in [6.07, 6.45) is 3.00. The molecule has 0 aliphatic carbocycles. The molecule has 4 nitrogen and oxygen atoms in total. The topological polar surface area (TPSA) is 64.4 Å². The molecule has 0 radical (unpaired) electrons. The van der Waals surface area contributed by atoms with Crippen molar-refractivity contribution in [3.8, 4) is 0 Å². The summed E-state index contributed by atoms with van der Waals surface area (Å²) < 4.78 is 5.31. The van der Waals surface area contributed by atoms with Gasteiger partial charge in [-0.25, -0.2) is 0 Å². The number of hydrogen-bond donors (Lipinski definition) is 2. The molecule has 1 rings (SSSR count). The fraction of sp³-hybridized carbons (Fsp3) is 0.900. The van der Waals surface area contributed by atoms with Crippen LogP contribution < -0.4 is 11.1 Å². The molecule has 0 aromatic carbocycles. The Morgan fingerprint density at radius 2 is 2.14 bits per heavy atom. The third-order valence-corrected chi connectivity index (χ3v) is 3.02. The molecule has 1 aliphatic rings. The molecule has 4 heteroatoms. The minimum atomic E-state index is 0.0317. The van der Waals surface area contributed by atoms with Crippen LogP contribution in [0.25, 0.3) is 0 Å². The van der Waals surface area contributed by atoms with E-state index in [-0.39, 0.29) is 11.3 Å². The van der Waals surface area contributed by atoms with Gasteiger partial charge in [0.2, 0.25) is 5.91 Å². The second-order valence-electron chi connectivity index (χ2n) is 4.05. The van der Waals surface area contributed by atoms with Crippen molar-refractivity contribution in [3.05, 3.63) is 0 Å². The van der Waals surface area contributed by atoms with E-state index in [1.165, 1.54) is 0 Å². The normalized spacial score (nSPS) is 20.4. The zero-order valence-electron chi connectivity index (χ0n) is 8.84. The van der Waals surface area contributed by atoms with E-state index in [1.54, 1.807) is 6.92 Å². The van der Waals surface area contributed by atoms with Crippen molar-refractivity contribution in [2.45, 2.75) is 26.2 Å². The van der Waals surface area contributed by atoms with Gasteiger partial charge in [-0.1, -0.05) is 0 Å². The van der Waals surface area contributed by atoms with Gasteiger partial charge in [-0.3, -0.25) is 4.79 Å². The van der Waals surface area contributed by atoms with Crippen LogP contribution in [0.4, 0.5) is 0 Å². The second-order valence-corrected chi connectivity index (χ2v) is 4.05. The zero-order chi connectivity index (χ0) is 10.4. The Bertz CT molecular complexity index is 189. The lowest BCUT2D eigenvalue weighted by atomic mass is 9.77. The molecule has 1 heterocycles. The van der Waals surface area contributed by atoms with E-state index in [0.29, 0.717) is 6.54 Å². The number of hydrogen-bond acceptors (Lipinski definition) is 3. The molecule has 0 spiro atoms. The van der Waals surface area contributed by atoms with Gasteiger partial charge in [-0.05, 0) is 31.2 Å². The summed E-state index contributed by atoms with van der Waals surface area (Å²) >= 11 is 0. The highest BCUT2D eigenvalue weighted by molar-refractivity contribution is 5.72. The third-order valence-electron chi connectivity index (χ3n) is 3.02. The quantitative estimate of drug-likeness (QED) is 0.684. The van der Waals surface area contributed by atoms with Gasteiger partial charge in [0.25, 0.3) is 0 Å². The number of nitrogens with two attached hydrogens (primary N) is 1. The zero-order valence-corrected chi connectivity index (χ0v) is 8.84. The third kappa shape index (κ3) is 3.27. The van der Waals surface area contributed by atoms with Crippen molar-refractivity contribution < 1.29 is 9.53 Å². The number of carbonyl (C=O) groups is 1. The Balaban J connectivity index is 2.32. The number of ether oxygens (including phenoxy) is 1. The molecule has 3 N–H and O–H groups in total. The van der Waals surface area contributed by atoms with Crippen LogP contribution in [-0.4, -0.2) is 32.2 Å². The molecule has 0 saturated carbocycles. The number of nitrogens with one attached hydrogen (secondary N) is 1. The first-order chi connectivity index (χ1) is 6.68. The van der Waals surface area contributed by atoms with Crippen LogP contribution in [0, 0.1) is 5.41 Å². The van der Waals surface area contributed by atoms with Gasteiger partial charge < -0.3 is 15.8 Å². The first-order valence-corrected chi connectivity index (χ1v) is 5.21. The van der Waals surface area contributed by atoms with Crippen LogP contribution >= 0.6 is 0 Å². The molecule has 1 fully saturated rings. The summed E-state index contributed by atoms with van der Waals surface area (Å²) in [5, 5.41) is 2.82. The maximum absolute atomic E-state index is 10.7. The van der Waals surface area contributed by atoms with E-state index in [2.05, 4.69) is 5.32 Å². The molecule has 0 unspecified atom stereocenters. The predicted molar refractivity (Wildman–Crippen MR) is 54.8 cm³/mol. The maximum atomic E-state index is 10.7. The number of amides is 1. The fourth-order valence-electron chi connectivity index (χ4n) is 1.86. The highest BCUT2D eigenvalue weighted by Crippen LogP contribution is 2.32. The molecule has 0 bridgehead atoms. The summed E-state index contributed by atoms with van der Waals surface area (Å²) in [5.41, 5.74) is 5.98. The lowest BCUT2D eigenvalue weighted by Crippen LogP contribution is -2.39. The van der Waals surface area contributed by atoms with Crippen molar-refractivity contribution in [1.82, 2.24) is 5.32 Å². The van der Waals surface area contributed by atoms with Gasteiger partial charge in [0.15, 0.2) is 0 Å².